The summed E-state index contributed by atoms with van der Waals surface area (Å²) in [6.07, 6.45) is 1.53. The van der Waals surface area contributed by atoms with Crippen LogP contribution in [0, 0.1) is 0 Å². The number of nitrogens with zero attached hydrogens (tertiary/aromatic N) is 1. The van der Waals surface area contributed by atoms with Crippen molar-refractivity contribution in [3.05, 3.63) is 0 Å². The summed E-state index contributed by atoms with van der Waals surface area (Å²) in [6, 6.07) is 0. The predicted molar refractivity (Wildman–Crippen MR) is 27.3 cm³/mol. The van der Waals surface area contributed by atoms with E-state index < -0.39 is 0 Å². The minimum absolute atomic E-state index is 0.278. The number of amides is 2. The lowest BCUT2D eigenvalue weighted by Gasteiger charge is -1.90. The zero-order valence-corrected chi connectivity index (χ0v) is 4.14. The Morgan fingerprint density at radius 3 is 2.29 bits per heavy atom. The lowest BCUT2D eigenvalue weighted by atomic mass is 11.0. The van der Waals surface area contributed by atoms with Crippen molar-refractivity contribution in [2.75, 3.05) is 0 Å². The van der Waals surface area contributed by atoms with Gasteiger partial charge in [0.15, 0.2) is 0 Å². The van der Waals surface area contributed by atoms with Crippen LogP contribution < -0.4 is 0 Å². The molecule has 0 aliphatic carbocycles. The maximum Gasteiger partial charge on any atom is 0.324 e. The molecule has 4 heteroatoms. The number of hydrogen-bond donors (Lipinski definition) is 0. The van der Waals surface area contributed by atoms with Gasteiger partial charge in [0.2, 0.25) is 6.41 Å². The summed E-state index contributed by atoms with van der Waals surface area (Å²) in [5, 5.41) is 0. The Labute approximate surface area is 45.9 Å². The van der Waals surface area contributed by atoms with Gasteiger partial charge in [-0.1, -0.05) is 12.2 Å². The molecular formula is C3H2NO2S. The van der Waals surface area contributed by atoms with Crippen LogP contribution >= 0.6 is 12.2 Å². The molecule has 7 heavy (non-hydrogen) atoms. The van der Waals surface area contributed by atoms with Crippen LogP contribution in [0.4, 0.5) is 0 Å². The van der Waals surface area contributed by atoms with Crippen molar-refractivity contribution in [3.8, 4) is 0 Å². The number of rotatable bonds is 3. The highest BCUT2D eigenvalue weighted by Crippen LogP contribution is 1.63. The molecule has 0 saturated heterocycles. The minimum atomic E-state index is 0.278. The van der Waals surface area contributed by atoms with Crippen molar-refractivity contribution in [1.82, 2.24) is 4.90 Å². The van der Waals surface area contributed by atoms with Gasteiger partial charge >= 0.3 is 6.41 Å². The second-order valence-electron chi connectivity index (χ2n) is 0.709. The molecule has 0 rings (SSSR count). The second-order valence-corrected chi connectivity index (χ2v) is 0.920. The number of thiocarbonyl (C=S) groups is 1. The number of carbonyl (C=O) groups excluding carboxylic acids is 2. The lowest BCUT2D eigenvalue weighted by molar-refractivity contribution is -0.112. The van der Waals surface area contributed by atoms with Gasteiger partial charge in [0, 0.05) is 0 Å². The molecule has 0 fully saturated rings. The van der Waals surface area contributed by atoms with Crippen LogP contribution in [0.15, 0.2) is 0 Å². The van der Waals surface area contributed by atoms with Gasteiger partial charge < -0.3 is 0 Å². The third kappa shape index (κ3) is 1.99. The Morgan fingerprint density at radius 1 is 1.71 bits per heavy atom. The SMILES string of the molecule is O=[C]N(C=O)C=S. The van der Waals surface area contributed by atoms with E-state index in [4.69, 9.17) is 0 Å². The highest BCUT2D eigenvalue weighted by Gasteiger charge is 1.88. The molecule has 37 valence electrons. The van der Waals surface area contributed by atoms with Crippen LogP contribution in [0.2, 0.25) is 0 Å². The fourth-order valence-corrected chi connectivity index (χ4v) is 0.161. The molecule has 0 atom stereocenters. The van der Waals surface area contributed by atoms with Crippen LogP contribution in [0.5, 0.6) is 0 Å². The molecule has 0 aromatic rings. The molecule has 0 saturated carbocycles. The standard InChI is InChI=1S/C3H2NO2S/c5-1-4(2-6)3-7/h1,3H. The highest BCUT2D eigenvalue weighted by atomic mass is 32.1. The molecule has 0 aliphatic rings. The average Bonchev–Trinajstić information content (AvgIpc) is 1.72. The first-order valence-electron chi connectivity index (χ1n) is 1.42. The van der Waals surface area contributed by atoms with Gasteiger partial charge in [0.05, 0.1) is 5.49 Å². The van der Waals surface area contributed by atoms with Gasteiger partial charge in [0.25, 0.3) is 0 Å². The van der Waals surface area contributed by atoms with Gasteiger partial charge in [-0.15, -0.1) is 0 Å². The van der Waals surface area contributed by atoms with Gasteiger partial charge in [-0.2, -0.15) is 0 Å². The van der Waals surface area contributed by atoms with E-state index in [1.165, 1.54) is 6.41 Å². The number of hydrogen-bond acceptors (Lipinski definition) is 3. The summed E-state index contributed by atoms with van der Waals surface area (Å²) in [5.41, 5.74) is 0.903. The Morgan fingerprint density at radius 2 is 2.29 bits per heavy atom. The summed E-state index contributed by atoms with van der Waals surface area (Å²) in [7, 11) is 0. The molecule has 0 N–H and O–H groups in total. The molecular weight excluding hydrogens is 114 g/mol. The van der Waals surface area contributed by atoms with E-state index in [1.807, 2.05) is 0 Å². The molecule has 0 aliphatic heterocycles. The van der Waals surface area contributed by atoms with Gasteiger partial charge in [-0.3, -0.25) is 9.59 Å². The third-order valence-corrected chi connectivity index (χ3v) is 0.560. The zero-order valence-electron chi connectivity index (χ0n) is 3.33. The summed E-state index contributed by atoms with van der Waals surface area (Å²) < 4.78 is 0. The molecule has 0 aromatic carbocycles. The van der Waals surface area contributed by atoms with E-state index in [2.05, 4.69) is 12.2 Å². The Balaban J connectivity index is 3.57. The zero-order chi connectivity index (χ0) is 5.70. The highest BCUT2D eigenvalue weighted by molar-refractivity contribution is 7.78. The van der Waals surface area contributed by atoms with Crippen LogP contribution in [0.3, 0.4) is 0 Å². The van der Waals surface area contributed by atoms with E-state index in [-0.39, 0.29) is 6.41 Å². The second kappa shape index (κ2) is 3.42. The normalized spacial score (nSPS) is 6.86. The molecule has 0 bridgehead atoms. The van der Waals surface area contributed by atoms with E-state index >= 15 is 0 Å². The molecule has 2 amide bonds. The topological polar surface area (TPSA) is 37.4 Å². The van der Waals surface area contributed by atoms with Crippen LogP contribution in [-0.4, -0.2) is 23.2 Å². The van der Waals surface area contributed by atoms with E-state index in [1.54, 1.807) is 0 Å². The van der Waals surface area contributed by atoms with Gasteiger partial charge in [0.1, 0.15) is 0 Å². The molecule has 3 nitrogen and oxygen atoms in total. The van der Waals surface area contributed by atoms with E-state index in [0.29, 0.717) is 4.90 Å². The van der Waals surface area contributed by atoms with Gasteiger partial charge in [-0.05, 0) is 0 Å². The Bertz CT molecular complexity index is 73.9. The smallest absolute Gasteiger partial charge is 0.278 e. The van der Waals surface area contributed by atoms with Crippen LogP contribution in [-0.2, 0) is 9.59 Å². The summed E-state index contributed by atoms with van der Waals surface area (Å²) >= 11 is 4.18. The summed E-state index contributed by atoms with van der Waals surface area (Å²) in [6.45, 7) is 0. The van der Waals surface area contributed by atoms with E-state index in [9.17, 15) is 9.59 Å². The quantitative estimate of drug-likeness (QED) is 0.282. The van der Waals surface area contributed by atoms with Crippen molar-refractivity contribution < 1.29 is 9.59 Å². The Kier molecular flexibility index (Phi) is 3.04. The Hall–Kier alpha value is -0.770. The monoisotopic (exact) mass is 116 g/mol. The fraction of sp³-hybridized carbons (Fsp3) is 0. The van der Waals surface area contributed by atoms with Crippen molar-refractivity contribution in [1.29, 1.82) is 0 Å². The first kappa shape index (κ1) is 6.23. The molecule has 0 heterocycles. The predicted octanol–water partition coefficient (Wildman–Crippen LogP) is -0.531. The van der Waals surface area contributed by atoms with Crippen molar-refractivity contribution in [3.63, 3.8) is 0 Å². The maximum absolute atomic E-state index is 9.53. The first-order chi connectivity index (χ1) is 3.35. The van der Waals surface area contributed by atoms with Gasteiger partial charge in [-0.25, -0.2) is 4.90 Å². The molecule has 1 radical (unpaired) electrons. The largest absolute Gasteiger partial charge is 0.324 e. The minimum Gasteiger partial charge on any atom is -0.278 e. The third-order valence-electron chi connectivity index (χ3n) is 0.333. The summed E-state index contributed by atoms with van der Waals surface area (Å²) in [4.78, 5) is 19.6. The molecule has 0 unspecified atom stereocenters. The van der Waals surface area contributed by atoms with Crippen molar-refractivity contribution in [2.24, 2.45) is 0 Å². The lowest BCUT2D eigenvalue weighted by Crippen LogP contribution is -2.15. The first-order valence-corrected chi connectivity index (χ1v) is 1.89. The number of carbonyl (C=O) groups is 1. The van der Waals surface area contributed by atoms with Crippen molar-refractivity contribution >= 4 is 30.5 Å². The summed E-state index contributed by atoms with van der Waals surface area (Å²) in [5.74, 6) is 0. The fourth-order valence-electron chi connectivity index (χ4n) is 0.0679. The maximum atomic E-state index is 9.53. The van der Waals surface area contributed by atoms with Crippen molar-refractivity contribution in [2.45, 2.75) is 0 Å². The molecule has 0 aromatic heterocycles. The average molecular weight is 116 g/mol. The number of imide groups is 1. The van der Waals surface area contributed by atoms with Crippen LogP contribution in [0.25, 0.3) is 0 Å². The molecule has 0 spiro atoms. The van der Waals surface area contributed by atoms with Crippen LogP contribution in [0.1, 0.15) is 0 Å². The van der Waals surface area contributed by atoms with E-state index in [0.717, 1.165) is 5.49 Å².